The molecule has 1 heterocycles. The van der Waals surface area contributed by atoms with Crippen LogP contribution >= 0.6 is 12.2 Å². The number of nitrogens with two attached hydrogens (primary N) is 1. The van der Waals surface area contributed by atoms with E-state index in [1.54, 1.807) is 42.6 Å². The molecule has 1 unspecified atom stereocenters. The van der Waals surface area contributed by atoms with Gasteiger partial charge in [-0.25, -0.2) is 0 Å². The number of amides is 1. The summed E-state index contributed by atoms with van der Waals surface area (Å²) in [7, 11) is 0. The molecular weight excluding hydrogens is 310 g/mol. The van der Waals surface area contributed by atoms with Crippen molar-refractivity contribution in [2.24, 2.45) is 11.7 Å². The second-order valence-corrected chi connectivity index (χ2v) is 6.01. The van der Waals surface area contributed by atoms with Crippen molar-refractivity contribution in [1.82, 2.24) is 4.57 Å². The summed E-state index contributed by atoms with van der Waals surface area (Å²) in [4.78, 5) is 24.9. The fourth-order valence-corrected chi connectivity index (χ4v) is 2.51. The van der Waals surface area contributed by atoms with Crippen molar-refractivity contribution in [3.8, 4) is 0 Å². The molecule has 0 aliphatic heterocycles. The SMILES string of the molecule is CC(C)C(C(=O)Nc1cccc(C(N)=S)c1)n1ccccc1=O. The molecule has 2 rings (SSSR count). The summed E-state index contributed by atoms with van der Waals surface area (Å²) in [5, 5.41) is 2.83. The van der Waals surface area contributed by atoms with E-state index in [0.717, 1.165) is 0 Å². The lowest BCUT2D eigenvalue weighted by atomic mass is 10.0. The minimum absolute atomic E-state index is 0.0473. The second kappa shape index (κ2) is 7.19. The zero-order chi connectivity index (χ0) is 17.0. The Morgan fingerprint density at radius 3 is 2.57 bits per heavy atom. The van der Waals surface area contributed by atoms with Crippen LogP contribution in [0.5, 0.6) is 0 Å². The number of rotatable bonds is 5. The largest absolute Gasteiger partial charge is 0.389 e. The van der Waals surface area contributed by atoms with Crippen LogP contribution in [0, 0.1) is 5.92 Å². The van der Waals surface area contributed by atoms with Gasteiger partial charge in [-0.15, -0.1) is 0 Å². The number of benzene rings is 1. The fraction of sp³-hybridized carbons (Fsp3) is 0.235. The van der Waals surface area contributed by atoms with E-state index in [4.69, 9.17) is 18.0 Å². The molecule has 0 saturated carbocycles. The Labute approximate surface area is 140 Å². The van der Waals surface area contributed by atoms with Gasteiger partial charge in [0.2, 0.25) is 5.91 Å². The van der Waals surface area contributed by atoms with E-state index in [-0.39, 0.29) is 22.4 Å². The first kappa shape index (κ1) is 16.9. The van der Waals surface area contributed by atoms with Gasteiger partial charge in [0.25, 0.3) is 5.56 Å². The first-order valence-electron chi connectivity index (χ1n) is 7.28. The van der Waals surface area contributed by atoms with Crippen LogP contribution in [0.25, 0.3) is 0 Å². The van der Waals surface area contributed by atoms with Gasteiger partial charge in [0.1, 0.15) is 11.0 Å². The van der Waals surface area contributed by atoms with Crippen molar-refractivity contribution in [3.63, 3.8) is 0 Å². The number of hydrogen-bond acceptors (Lipinski definition) is 3. The normalized spacial score (nSPS) is 12.0. The Bertz CT molecular complexity index is 783. The third kappa shape index (κ3) is 4.04. The van der Waals surface area contributed by atoms with Crippen LogP contribution in [0.4, 0.5) is 5.69 Å². The maximum atomic E-state index is 12.7. The van der Waals surface area contributed by atoms with E-state index >= 15 is 0 Å². The Hall–Kier alpha value is -2.47. The van der Waals surface area contributed by atoms with Crippen molar-refractivity contribution in [2.45, 2.75) is 19.9 Å². The van der Waals surface area contributed by atoms with Crippen LogP contribution in [0.1, 0.15) is 25.5 Å². The molecule has 0 saturated heterocycles. The summed E-state index contributed by atoms with van der Waals surface area (Å²) < 4.78 is 1.44. The molecule has 120 valence electrons. The van der Waals surface area contributed by atoms with Crippen LogP contribution in [-0.2, 0) is 4.79 Å². The smallest absolute Gasteiger partial charge is 0.251 e. The predicted molar refractivity (Wildman–Crippen MR) is 95.5 cm³/mol. The lowest BCUT2D eigenvalue weighted by molar-refractivity contribution is -0.120. The van der Waals surface area contributed by atoms with Crippen molar-refractivity contribution >= 4 is 28.8 Å². The molecule has 6 heteroatoms. The summed E-state index contributed by atoms with van der Waals surface area (Å²) in [6.45, 7) is 3.80. The summed E-state index contributed by atoms with van der Waals surface area (Å²) in [6, 6.07) is 11.2. The molecule has 0 aliphatic rings. The highest BCUT2D eigenvalue weighted by Crippen LogP contribution is 2.19. The van der Waals surface area contributed by atoms with Crippen LogP contribution in [-0.4, -0.2) is 15.5 Å². The summed E-state index contributed by atoms with van der Waals surface area (Å²) in [6.07, 6.45) is 1.62. The minimum Gasteiger partial charge on any atom is -0.389 e. The number of thiocarbonyl (C=S) groups is 1. The zero-order valence-corrected chi connectivity index (χ0v) is 13.8. The third-order valence-electron chi connectivity index (χ3n) is 3.47. The summed E-state index contributed by atoms with van der Waals surface area (Å²) in [5.41, 5.74) is 6.66. The standard InChI is InChI=1S/C17H19N3O2S/c1-11(2)15(20-9-4-3-8-14(20)21)17(22)19-13-7-5-6-12(10-13)16(18)23/h3-11,15H,1-2H3,(H2,18,23)(H,19,22). The number of nitrogens with one attached hydrogen (secondary N) is 1. The maximum absolute atomic E-state index is 12.7. The van der Waals surface area contributed by atoms with Gasteiger partial charge in [0.05, 0.1) is 0 Å². The van der Waals surface area contributed by atoms with Gasteiger partial charge in [-0.3, -0.25) is 9.59 Å². The summed E-state index contributed by atoms with van der Waals surface area (Å²) in [5.74, 6) is -0.303. The molecule has 3 N–H and O–H groups in total. The molecule has 1 aromatic carbocycles. The van der Waals surface area contributed by atoms with E-state index in [2.05, 4.69) is 5.32 Å². The monoisotopic (exact) mass is 329 g/mol. The molecule has 0 radical (unpaired) electrons. The van der Waals surface area contributed by atoms with Crippen molar-refractivity contribution in [3.05, 3.63) is 64.6 Å². The Morgan fingerprint density at radius 2 is 1.96 bits per heavy atom. The van der Waals surface area contributed by atoms with E-state index < -0.39 is 6.04 Å². The van der Waals surface area contributed by atoms with Gasteiger partial charge in [-0.05, 0) is 24.1 Å². The molecule has 0 aliphatic carbocycles. The number of carbonyl (C=O) groups excluding carboxylic acids is 1. The Morgan fingerprint density at radius 1 is 1.22 bits per heavy atom. The number of hydrogen-bond donors (Lipinski definition) is 2. The number of pyridine rings is 1. The lowest BCUT2D eigenvalue weighted by Crippen LogP contribution is -2.35. The first-order valence-corrected chi connectivity index (χ1v) is 7.69. The first-order chi connectivity index (χ1) is 10.9. The molecule has 0 spiro atoms. The molecule has 1 amide bonds. The molecular formula is C17H19N3O2S. The number of anilines is 1. The lowest BCUT2D eigenvalue weighted by Gasteiger charge is -2.22. The average molecular weight is 329 g/mol. The molecule has 1 aromatic heterocycles. The van der Waals surface area contributed by atoms with Gasteiger partial charge >= 0.3 is 0 Å². The van der Waals surface area contributed by atoms with Crippen molar-refractivity contribution in [1.29, 1.82) is 0 Å². The Balaban J connectivity index is 2.30. The van der Waals surface area contributed by atoms with Gasteiger partial charge in [-0.2, -0.15) is 0 Å². The molecule has 5 nitrogen and oxygen atoms in total. The highest BCUT2D eigenvalue weighted by Gasteiger charge is 2.24. The molecule has 0 bridgehead atoms. The number of nitrogens with zero attached hydrogens (tertiary/aromatic N) is 1. The third-order valence-corrected chi connectivity index (χ3v) is 3.70. The molecule has 2 aromatic rings. The van der Waals surface area contributed by atoms with E-state index in [1.807, 2.05) is 13.8 Å². The maximum Gasteiger partial charge on any atom is 0.251 e. The predicted octanol–water partition coefficient (Wildman–Crippen LogP) is 2.32. The van der Waals surface area contributed by atoms with E-state index in [0.29, 0.717) is 11.3 Å². The van der Waals surface area contributed by atoms with Crippen LogP contribution in [0.3, 0.4) is 0 Å². The fourth-order valence-electron chi connectivity index (χ4n) is 2.39. The zero-order valence-electron chi connectivity index (χ0n) is 13.0. The van der Waals surface area contributed by atoms with Crippen molar-refractivity contribution < 1.29 is 4.79 Å². The highest BCUT2D eigenvalue weighted by molar-refractivity contribution is 7.80. The average Bonchev–Trinajstić information content (AvgIpc) is 2.49. The van der Waals surface area contributed by atoms with E-state index in [1.165, 1.54) is 10.6 Å². The van der Waals surface area contributed by atoms with Gasteiger partial charge in [0, 0.05) is 23.5 Å². The van der Waals surface area contributed by atoms with Crippen LogP contribution < -0.4 is 16.6 Å². The van der Waals surface area contributed by atoms with Crippen molar-refractivity contribution in [2.75, 3.05) is 5.32 Å². The second-order valence-electron chi connectivity index (χ2n) is 5.57. The summed E-state index contributed by atoms with van der Waals surface area (Å²) >= 11 is 4.94. The molecule has 23 heavy (non-hydrogen) atoms. The van der Waals surface area contributed by atoms with Gasteiger partial charge in [0.15, 0.2) is 0 Å². The van der Waals surface area contributed by atoms with Crippen LogP contribution in [0.2, 0.25) is 0 Å². The molecule has 0 fully saturated rings. The highest BCUT2D eigenvalue weighted by atomic mass is 32.1. The van der Waals surface area contributed by atoms with E-state index in [9.17, 15) is 9.59 Å². The minimum atomic E-state index is -0.600. The topological polar surface area (TPSA) is 77.1 Å². The molecule has 1 atom stereocenters. The quantitative estimate of drug-likeness (QED) is 0.825. The Kier molecular flexibility index (Phi) is 5.28. The van der Waals surface area contributed by atoms with Gasteiger partial charge < -0.3 is 15.6 Å². The van der Waals surface area contributed by atoms with Gasteiger partial charge in [-0.1, -0.05) is 44.3 Å². The van der Waals surface area contributed by atoms with Crippen LogP contribution in [0.15, 0.2) is 53.5 Å². The number of aromatic nitrogens is 1. The number of carbonyl (C=O) groups is 1.